The van der Waals surface area contributed by atoms with Gasteiger partial charge in [-0.3, -0.25) is 0 Å². The lowest BCUT2D eigenvalue weighted by Gasteiger charge is -2.18. The molecule has 1 aliphatic carbocycles. The summed E-state index contributed by atoms with van der Waals surface area (Å²) in [6.07, 6.45) is -0.792. The number of nitrogens with one attached hydrogen (secondary N) is 1. The summed E-state index contributed by atoms with van der Waals surface area (Å²) >= 11 is 5.94. The topological polar surface area (TPSA) is 75.6 Å². The van der Waals surface area contributed by atoms with E-state index in [1.54, 1.807) is 18.2 Å². The number of carboxylic acid groups (broad SMARTS) is 1. The van der Waals surface area contributed by atoms with Gasteiger partial charge in [-0.1, -0.05) is 72.3 Å². The van der Waals surface area contributed by atoms with E-state index in [9.17, 15) is 14.7 Å². The van der Waals surface area contributed by atoms with Crippen LogP contribution < -0.4 is 5.32 Å². The second kappa shape index (κ2) is 7.97. The molecule has 0 unspecified atom stereocenters. The van der Waals surface area contributed by atoms with Gasteiger partial charge in [0.05, 0.1) is 0 Å². The van der Waals surface area contributed by atoms with Crippen LogP contribution in [0.25, 0.3) is 11.1 Å². The number of amides is 1. The van der Waals surface area contributed by atoms with Gasteiger partial charge < -0.3 is 15.2 Å². The van der Waals surface area contributed by atoms with Gasteiger partial charge in [0.15, 0.2) is 6.04 Å². The first-order valence-electron chi connectivity index (χ1n) is 9.14. The standard InChI is InChI=1S/C23H18ClNO4/c24-15-7-5-6-14(12-15)21(22(26)27)25-23(28)29-13-20-18-10-3-1-8-16(18)17-9-2-4-11-19(17)20/h1-12,20-21H,13H2,(H,25,28)(H,26,27)/t21-/m0/s1. The fraction of sp³-hybridized carbons (Fsp3) is 0.130. The number of halogens is 1. The van der Waals surface area contributed by atoms with Gasteiger partial charge in [0.25, 0.3) is 0 Å². The highest BCUT2D eigenvalue weighted by molar-refractivity contribution is 6.30. The van der Waals surface area contributed by atoms with Crippen molar-refractivity contribution in [1.29, 1.82) is 0 Å². The molecule has 3 aromatic carbocycles. The molecule has 0 aromatic heterocycles. The summed E-state index contributed by atoms with van der Waals surface area (Å²) in [4.78, 5) is 24.0. The average Bonchev–Trinajstić information content (AvgIpc) is 3.04. The molecular weight excluding hydrogens is 390 g/mol. The van der Waals surface area contributed by atoms with E-state index >= 15 is 0 Å². The number of hydrogen-bond acceptors (Lipinski definition) is 3. The van der Waals surface area contributed by atoms with Crippen LogP contribution in [0.15, 0.2) is 72.8 Å². The van der Waals surface area contributed by atoms with Crippen LogP contribution in [0, 0.1) is 0 Å². The minimum atomic E-state index is -1.25. The minimum Gasteiger partial charge on any atom is -0.479 e. The first-order chi connectivity index (χ1) is 14.0. The molecule has 29 heavy (non-hydrogen) atoms. The zero-order valence-corrected chi connectivity index (χ0v) is 16.1. The zero-order chi connectivity index (χ0) is 20.4. The molecule has 0 radical (unpaired) electrons. The predicted octanol–water partition coefficient (Wildman–Crippen LogP) is 5.00. The van der Waals surface area contributed by atoms with Gasteiger partial charge in [0.2, 0.25) is 0 Å². The fourth-order valence-electron chi connectivity index (χ4n) is 3.73. The van der Waals surface area contributed by atoms with Crippen LogP contribution in [0.1, 0.15) is 28.7 Å². The van der Waals surface area contributed by atoms with E-state index < -0.39 is 18.1 Å². The number of carbonyl (C=O) groups is 2. The lowest BCUT2D eigenvalue weighted by molar-refractivity contribution is -0.139. The smallest absolute Gasteiger partial charge is 0.408 e. The van der Waals surface area contributed by atoms with Gasteiger partial charge >= 0.3 is 12.1 Å². The Morgan fingerprint density at radius 1 is 0.966 bits per heavy atom. The minimum absolute atomic E-state index is 0.0948. The van der Waals surface area contributed by atoms with Crippen LogP contribution in [-0.4, -0.2) is 23.8 Å². The van der Waals surface area contributed by atoms with Crippen molar-refractivity contribution in [2.24, 2.45) is 0 Å². The lowest BCUT2D eigenvalue weighted by atomic mass is 9.98. The Kier molecular flexibility index (Phi) is 5.23. The van der Waals surface area contributed by atoms with Crippen molar-refractivity contribution >= 4 is 23.7 Å². The molecular formula is C23H18ClNO4. The molecule has 1 atom stereocenters. The molecule has 0 spiro atoms. The summed E-state index contributed by atoms with van der Waals surface area (Å²) in [6.45, 7) is 0.113. The normalized spacial score (nSPS) is 13.3. The fourth-order valence-corrected chi connectivity index (χ4v) is 3.93. The molecule has 0 heterocycles. The van der Waals surface area contributed by atoms with E-state index in [4.69, 9.17) is 16.3 Å². The first kappa shape index (κ1) is 19.0. The molecule has 5 nitrogen and oxygen atoms in total. The van der Waals surface area contributed by atoms with Crippen molar-refractivity contribution in [1.82, 2.24) is 5.32 Å². The number of carboxylic acids is 1. The molecule has 2 N–H and O–H groups in total. The highest BCUT2D eigenvalue weighted by atomic mass is 35.5. The summed E-state index contributed by atoms with van der Waals surface area (Å²) in [6, 6.07) is 21.1. The lowest BCUT2D eigenvalue weighted by Crippen LogP contribution is -2.34. The largest absolute Gasteiger partial charge is 0.479 e. The third kappa shape index (κ3) is 3.82. The average molecular weight is 408 g/mol. The Morgan fingerprint density at radius 3 is 2.17 bits per heavy atom. The molecule has 4 rings (SSSR count). The molecule has 0 fully saturated rings. The molecule has 0 saturated carbocycles. The number of aliphatic carboxylic acids is 1. The molecule has 0 aliphatic heterocycles. The molecule has 1 aliphatic rings. The predicted molar refractivity (Wildman–Crippen MR) is 110 cm³/mol. The van der Waals surface area contributed by atoms with Crippen molar-refractivity contribution < 1.29 is 19.4 Å². The number of benzene rings is 3. The van der Waals surface area contributed by atoms with E-state index in [-0.39, 0.29) is 12.5 Å². The van der Waals surface area contributed by atoms with E-state index in [0.717, 1.165) is 22.3 Å². The number of alkyl carbamates (subject to hydrolysis) is 1. The van der Waals surface area contributed by atoms with Crippen LogP contribution in [0.3, 0.4) is 0 Å². The summed E-state index contributed by atoms with van der Waals surface area (Å²) in [5.74, 6) is -1.29. The van der Waals surface area contributed by atoms with E-state index in [1.807, 2.05) is 48.5 Å². The molecule has 1 amide bonds. The molecule has 0 saturated heterocycles. The van der Waals surface area contributed by atoms with Gasteiger partial charge in [-0.25, -0.2) is 9.59 Å². The third-order valence-electron chi connectivity index (χ3n) is 5.03. The molecule has 6 heteroatoms. The van der Waals surface area contributed by atoms with Crippen LogP contribution in [0.5, 0.6) is 0 Å². The Morgan fingerprint density at radius 2 is 1.59 bits per heavy atom. The van der Waals surface area contributed by atoms with Gasteiger partial charge in [0, 0.05) is 10.9 Å². The number of fused-ring (bicyclic) bond motifs is 3. The zero-order valence-electron chi connectivity index (χ0n) is 15.3. The van der Waals surface area contributed by atoms with Crippen molar-refractivity contribution in [3.05, 3.63) is 94.5 Å². The van der Waals surface area contributed by atoms with Gasteiger partial charge in [0.1, 0.15) is 6.61 Å². The summed E-state index contributed by atoms with van der Waals surface area (Å²) in [5.41, 5.74) is 4.80. The van der Waals surface area contributed by atoms with Crippen molar-refractivity contribution in [3.8, 4) is 11.1 Å². The molecule has 0 bridgehead atoms. The number of rotatable bonds is 5. The van der Waals surface area contributed by atoms with Gasteiger partial charge in [-0.2, -0.15) is 0 Å². The number of carbonyl (C=O) groups excluding carboxylic acids is 1. The quantitative estimate of drug-likeness (QED) is 0.623. The Balaban J connectivity index is 1.49. The maximum atomic E-state index is 12.4. The summed E-state index contributed by atoms with van der Waals surface area (Å²) < 4.78 is 5.43. The maximum Gasteiger partial charge on any atom is 0.408 e. The van der Waals surface area contributed by atoms with E-state index in [2.05, 4.69) is 5.32 Å². The van der Waals surface area contributed by atoms with Gasteiger partial charge in [-0.15, -0.1) is 0 Å². The first-order valence-corrected chi connectivity index (χ1v) is 9.52. The van der Waals surface area contributed by atoms with Gasteiger partial charge in [-0.05, 0) is 39.9 Å². The monoisotopic (exact) mass is 407 g/mol. The van der Waals surface area contributed by atoms with E-state index in [1.165, 1.54) is 6.07 Å². The summed E-state index contributed by atoms with van der Waals surface area (Å²) in [7, 11) is 0. The molecule has 3 aromatic rings. The van der Waals surface area contributed by atoms with Crippen LogP contribution in [0.2, 0.25) is 5.02 Å². The SMILES string of the molecule is O=C(N[C@H](C(=O)O)c1cccc(Cl)c1)OCC1c2ccccc2-c2ccccc21. The Bertz CT molecular complexity index is 1040. The molecule has 146 valence electrons. The second-order valence-electron chi connectivity index (χ2n) is 6.80. The third-order valence-corrected chi connectivity index (χ3v) is 5.27. The van der Waals surface area contributed by atoms with Crippen molar-refractivity contribution in [2.45, 2.75) is 12.0 Å². The Labute approximate surface area is 172 Å². The van der Waals surface area contributed by atoms with Crippen molar-refractivity contribution in [3.63, 3.8) is 0 Å². The van der Waals surface area contributed by atoms with Crippen LogP contribution >= 0.6 is 11.6 Å². The number of hydrogen-bond donors (Lipinski definition) is 2. The Hall–Kier alpha value is -3.31. The van der Waals surface area contributed by atoms with Crippen LogP contribution in [-0.2, 0) is 9.53 Å². The van der Waals surface area contributed by atoms with Crippen molar-refractivity contribution in [2.75, 3.05) is 6.61 Å². The second-order valence-corrected chi connectivity index (χ2v) is 7.23. The number of ether oxygens (including phenoxy) is 1. The van der Waals surface area contributed by atoms with E-state index in [0.29, 0.717) is 10.6 Å². The highest BCUT2D eigenvalue weighted by Crippen LogP contribution is 2.44. The maximum absolute atomic E-state index is 12.4. The summed E-state index contributed by atoms with van der Waals surface area (Å²) in [5, 5.41) is 12.3. The highest BCUT2D eigenvalue weighted by Gasteiger charge is 2.30. The van der Waals surface area contributed by atoms with Crippen LogP contribution in [0.4, 0.5) is 4.79 Å².